The lowest BCUT2D eigenvalue weighted by molar-refractivity contribution is -0.870. The highest BCUT2D eigenvalue weighted by molar-refractivity contribution is 7.45. The number of phosphoric ester groups is 1. The van der Waals surface area contributed by atoms with Gasteiger partial charge in [-0.05, 0) is 38.5 Å². The molecule has 2 atom stereocenters. The minimum Gasteiger partial charge on any atom is -0.756 e. The molecule has 0 aromatic heterocycles. The fraction of sp³-hybridized carbons (Fsp3) is 0.900. The number of rotatable bonds is 37. The third-order valence-electron chi connectivity index (χ3n) is 8.79. The minimum absolute atomic E-state index is 0.0291. The van der Waals surface area contributed by atoms with Gasteiger partial charge in [-0.25, -0.2) is 0 Å². The number of phosphoric acid groups is 1. The molecule has 0 aromatic rings. The van der Waals surface area contributed by atoms with Crippen LogP contribution < -0.4 is 4.89 Å². The minimum atomic E-state index is -4.60. The predicted molar refractivity (Wildman–Crippen MR) is 204 cm³/mol. The average Bonchev–Trinajstić information content (AvgIpc) is 3.05. The van der Waals surface area contributed by atoms with Crippen LogP contribution >= 0.6 is 7.82 Å². The van der Waals surface area contributed by atoms with Crippen molar-refractivity contribution in [2.45, 2.75) is 187 Å². The molecule has 0 spiro atoms. The number of hydrogen-bond acceptors (Lipinski definition) is 8. The summed E-state index contributed by atoms with van der Waals surface area (Å²) in [5.74, 6) is -0.859. The summed E-state index contributed by atoms with van der Waals surface area (Å²) in [6.45, 7) is 4.04. The Kier molecular flexibility index (Phi) is 32.7. The van der Waals surface area contributed by atoms with E-state index >= 15 is 0 Å². The number of unbranched alkanes of at least 4 members (excludes halogenated alkanes) is 21. The number of carbonyl (C=O) groups excluding carboxylic acids is 2. The SMILES string of the molecule is CCCCCCCCCC/C=C\CCCCCCCCCCCCCC(=O)OC(COC(=O)CCCCC)COP(=O)([O-])OCC[N+](C)(C)C. The fourth-order valence-electron chi connectivity index (χ4n) is 5.53. The van der Waals surface area contributed by atoms with E-state index in [1.54, 1.807) is 0 Å². The number of carbonyl (C=O) groups is 2. The van der Waals surface area contributed by atoms with Crippen LogP contribution in [-0.4, -0.2) is 70.0 Å². The van der Waals surface area contributed by atoms with Crippen molar-refractivity contribution in [3.8, 4) is 0 Å². The normalized spacial score (nSPS) is 13.8. The molecule has 0 aliphatic heterocycles. The summed E-state index contributed by atoms with van der Waals surface area (Å²) in [5.41, 5.74) is 0. The molecular weight excluding hydrogens is 653 g/mol. The average molecular weight is 732 g/mol. The second kappa shape index (κ2) is 33.6. The zero-order valence-corrected chi connectivity index (χ0v) is 34.0. The van der Waals surface area contributed by atoms with Crippen LogP contribution in [0.2, 0.25) is 0 Å². The van der Waals surface area contributed by atoms with Gasteiger partial charge in [-0.2, -0.15) is 0 Å². The molecule has 2 unspecified atom stereocenters. The number of nitrogens with zero attached hydrogens (tertiary/aromatic N) is 1. The Balaban J connectivity index is 4.00. The second-order valence-corrected chi connectivity index (χ2v) is 16.4. The summed E-state index contributed by atoms with van der Waals surface area (Å²) in [7, 11) is 1.17. The van der Waals surface area contributed by atoms with Crippen LogP contribution in [0.3, 0.4) is 0 Å². The van der Waals surface area contributed by atoms with Crippen LogP contribution in [0.1, 0.15) is 181 Å². The lowest BCUT2D eigenvalue weighted by Gasteiger charge is -2.28. The molecule has 0 N–H and O–H groups in total. The van der Waals surface area contributed by atoms with E-state index in [0.717, 1.165) is 32.1 Å². The quantitative estimate of drug-likeness (QED) is 0.0204. The van der Waals surface area contributed by atoms with Gasteiger partial charge in [0.1, 0.15) is 19.8 Å². The summed E-state index contributed by atoms with van der Waals surface area (Å²) in [4.78, 5) is 36.8. The van der Waals surface area contributed by atoms with Crippen LogP contribution in [-0.2, 0) is 32.7 Å². The van der Waals surface area contributed by atoms with E-state index < -0.39 is 32.5 Å². The molecule has 0 saturated heterocycles. The molecule has 50 heavy (non-hydrogen) atoms. The maximum absolute atomic E-state index is 12.5. The number of esters is 2. The van der Waals surface area contributed by atoms with Gasteiger partial charge < -0.3 is 27.9 Å². The summed E-state index contributed by atoms with van der Waals surface area (Å²) < 4.78 is 33.4. The van der Waals surface area contributed by atoms with Crippen LogP contribution in [0.25, 0.3) is 0 Å². The van der Waals surface area contributed by atoms with Crippen molar-refractivity contribution in [3.63, 3.8) is 0 Å². The molecule has 0 aromatic carbocycles. The van der Waals surface area contributed by atoms with Gasteiger partial charge in [0.05, 0.1) is 27.7 Å². The molecule has 10 heteroatoms. The first-order chi connectivity index (χ1) is 24.0. The Labute approximate surface area is 307 Å². The molecule has 0 aliphatic carbocycles. The van der Waals surface area contributed by atoms with E-state index in [1.165, 1.54) is 109 Å². The Morgan fingerprint density at radius 2 is 1.02 bits per heavy atom. The zero-order valence-electron chi connectivity index (χ0n) is 33.1. The van der Waals surface area contributed by atoms with Crippen LogP contribution in [0.15, 0.2) is 12.2 Å². The standard InChI is InChI=1S/C40H78NO8P/c1-6-8-10-11-12-13-14-15-16-17-18-19-20-21-22-23-24-25-26-27-28-29-31-33-40(43)49-38(36-46-39(42)32-30-9-7-2)37-48-50(44,45)47-35-34-41(3,4)5/h17-18,38H,6-16,19-37H2,1-5H3/b18-17-. The molecule has 296 valence electrons. The molecule has 0 aliphatic rings. The molecule has 9 nitrogen and oxygen atoms in total. The lowest BCUT2D eigenvalue weighted by Crippen LogP contribution is -2.37. The lowest BCUT2D eigenvalue weighted by atomic mass is 10.0. The summed E-state index contributed by atoms with van der Waals surface area (Å²) in [6, 6.07) is 0. The van der Waals surface area contributed by atoms with Crippen molar-refractivity contribution in [3.05, 3.63) is 12.2 Å². The summed E-state index contributed by atoms with van der Waals surface area (Å²) in [5, 5.41) is 0. The monoisotopic (exact) mass is 732 g/mol. The fourth-order valence-corrected chi connectivity index (χ4v) is 6.26. The molecular formula is C40H78NO8P. The molecule has 0 fully saturated rings. The smallest absolute Gasteiger partial charge is 0.306 e. The van der Waals surface area contributed by atoms with Crippen LogP contribution in [0.5, 0.6) is 0 Å². The number of allylic oxidation sites excluding steroid dienone is 2. The van der Waals surface area contributed by atoms with Gasteiger partial charge in [-0.1, -0.05) is 142 Å². The van der Waals surface area contributed by atoms with Crippen molar-refractivity contribution >= 4 is 19.8 Å². The van der Waals surface area contributed by atoms with Crippen molar-refractivity contribution in [2.75, 3.05) is 47.5 Å². The highest BCUT2D eigenvalue weighted by atomic mass is 31.2. The molecule has 0 rings (SSSR count). The van der Waals surface area contributed by atoms with E-state index in [-0.39, 0.29) is 26.1 Å². The van der Waals surface area contributed by atoms with Crippen molar-refractivity contribution in [2.24, 2.45) is 0 Å². The van der Waals surface area contributed by atoms with Gasteiger partial charge in [0.25, 0.3) is 7.82 Å². The van der Waals surface area contributed by atoms with Crippen molar-refractivity contribution < 1.29 is 42.1 Å². The first-order valence-corrected chi connectivity index (χ1v) is 21.9. The van der Waals surface area contributed by atoms with Gasteiger partial charge in [-0.15, -0.1) is 0 Å². The van der Waals surface area contributed by atoms with Gasteiger partial charge in [0.2, 0.25) is 0 Å². The zero-order chi connectivity index (χ0) is 37.2. The van der Waals surface area contributed by atoms with Gasteiger partial charge in [0.15, 0.2) is 6.10 Å². The van der Waals surface area contributed by atoms with Gasteiger partial charge >= 0.3 is 11.9 Å². The number of hydrogen-bond donors (Lipinski definition) is 0. The highest BCUT2D eigenvalue weighted by Crippen LogP contribution is 2.38. The Hall–Kier alpha value is -1.25. The maximum atomic E-state index is 12.5. The molecule has 0 bridgehead atoms. The van der Waals surface area contributed by atoms with Crippen molar-refractivity contribution in [1.29, 1.82) is 0 Å². The Morgan fingerprint density at radius 1 is 0.600 bits per heavy atom. The Bertz CT molecular complexity index is 876. The molecule has 0 heterocycles. The van der Waals surface area contributed by atoms with E-state index in [2.05, 4.69) is 19.1 Å². The van der Waals surface area contributed by atoms with Gasteiger partial charge in [-0.3, -0.25) is 14.2 Å². The third-order valence-corrected chi connectivity index (χ3v) is 9.75. The molecule has 0 radical (unpaired) electrons. The van der Waals surface area contributed by atoms with Gasteiger partial charge in [0, 0.05) is 12.8 Å². The Morgan fingerprint density at radius 3 is 1.52 bits per heavy atom. The van der Waals surface area contributed by atoms with E-state index in [0.29, 0.717) is 23.9 Å². The first kappa shape index (κ1) is 48.8. The first-order valence-electron chi connectivity index (χ1n) is 20.4. The number of likely N-dealkylation sites (N-methyl/N-ethyl adjacent to an activating group) is 1. The number of ether oxygens (including phenoxy) is 2. The van der Waals surface area contributed by atoms with E-state index in [9.17, 15) is 19.0 Å². The van der Waals surface area contributed by atoms with Crippen LogP contribution in [0, 0.1) is 0 Å². The molecule has 0 amide bonds. The van der Waals surface area contributed by atoms with Crippen LogP contribution in [0.4, 0.5) is 0 Å². The second-order valence-electron chi connectivity index (χ2n) is 15.0. The largest absolute Gasteiger partial charge is 0.756 e. The maximum Gasteiger partial charge on any atom is 0.306 e. The molecule has 0 saturated carbocycles. The third kappa shape index (κ3) is 36.5. The predicted octanol–water partition coefficient (Wildman–Crippen LogP) is 10.4. The summed E-state index contributed by atoms with van der Waals surface area (Å²) >= 11 is 0. The highest BCUT2D eigenvalue weighted by Gasteiger charge is 2.21. The van der Waals surface area contributed by atoms with E-state index in [4.69, 9.17) is 18.5 Å². The topological polar surface area (TPSA) is 111 Å². The van der Waals surface area contributed by atoms with E-state index in [1.807, 2.05) is 28.1 Å². The van der Waals surface area contributed by atoms with Crippen molar-refractivity contribution in [1.82, 2.24) is 0 Å². The summed E-state index contributed by atoms with van der Waals surface area (Å²) in [6.07, 6.45) is 33.4. The number of quaternary nitrogens is 1.